The number of piperidine rings is 1. The first-order valence-corrected chi connectivity index (χ1v) is 20.3. The Morgan fingerprint density at radius 2 is 1.78 bits per heavy atom. The molecular formula is C44H47F2N5O6S. The zero-order valence-corrected chi connectivity index (χ0v) is 33.8. The number of thiazole rings is 1. The van der Waals surface area contributed by atoms with E-state index in [9.17, 15) is 23.2 Å². The highest BCUT2D eigenvalue weighted by Crippen LogP contribution is 2.38. The van der Waals surface area contributed by atoms with E-state index >= 15 is 0 Å². The number of rotatable bonds is 12. The number of hydrogen-bond donors (Lipinski definition) is 2. The molecule has 7 rings (SSSR count). The maximum absolute atomic E-state index is 14.9. The minimum atomic E-state index is -2.98. The van der Waals surface area contributed by atoms with Gasteiger partial charge in [-0.2, -0.15) is 0 Å². The first-order chi connectivity index (χ1) is 27.6. The number of aliphatic carboxylic acids is 1. The number of alkyl halides is 2. The van der Waals surface area contributed by atoms with Crippen LogP contribution in [0.5, 0.6) is 5.75 Å². The number of ether oxygens (including phenoxy) is 2. The molecule has 0 bridgehead atoms. The lowest BCUT2D eigenvalue weighted by atomic mass is 9.88. The van der Waals surface area contributed by atoms with Crippen LogP contribution in [0, 0.1) is 12.8 Å². The normalized spacial score (nSPS) is 16.8. The molecule has 2 N–H and O–H groups in total. The van der Waals surface area contributed by atoms with Gasteiger partial charge in [0.1, 0.15) is 17.2 Å². The molecular weight excluding hydrogens is 765 g/mol. The van der Waals surface area contributed by atoms with Crippen LogP contribution >= 0.6 is 11.3 Å². The number of aromatic nitrogens is 2. The van der Waals surface area contributed by atoms with E-state index in [1.165, 1.54) is 16.2 Å². The molecule has 1 amide bonds. The van der Waals surface area contributed by atoms with Gasteiger partial charge < -0.3 is 19.5 Å². The number of anilines is 2. The van der Waals surface area contributed by atoms with Gasteiger partial charge in [-0.05, 0) is 119 Å². The number of fused-ring (bicyclic) bond motifs is 2. The van der Waals surface area contributed by atoms with Gasteiger partial charge in [0.15, 0.2) is 10.8 Å². The van der Waals surface area contributed by atoms with Gasteiger partial charge in [-0.25, -0.2) is 23.5 Å². The van der Waals surface area contributed by atoms with Crippen molar-refractivity contribution in [3.05, 3.63) is 101 Å². The van der Waals surface area contributed by atoms with Crippen LogP contribution in [0.2, 0.25) is 0 Å². The van der Waals surface area contributed by atoms with E-state index < -0.39 is 42.5 Å². The minimum Gasteiger partial charge on any atom is -0.493 e. The van der Waals surface area contributed by atoms with Gasteiger partial charge >= 0.3 is 11.9 Å². The smallest absolute Gasteiger partial charge is 0.358 e. The number of amides is 1. The summed E-state index contributed by atoms with van der Waals surface area (Å²) in [5.74, 6) is -4.65. The number of para-hydroxylation sites is 1. The third-order valence-corrected chi connectivity index (χ3v) is 11.5. The molecule has 1 saturated heterocycles. The summed E-state index contributed by atoms with van der Waals surface area (Å²) in [5, 5.41) is 12.5. The first-order valence-electron chi connectivity index (χ1n) is 19.5. The number of likely N-dealkylation sites (tertiary alicyclic amines) is 1. The fourth-order valence-corrected chi connectivity index (χ4v) is 8.58. The van der Waals surface area contributed by atoms with Crippen molar-refractivity contribution in [3.63, 3.8) is 0 Å². The van der Waals surface area contributed by atoms with Crippen molar-refractivity contribution in [2.24, 2.45) is 5.92 Å². The second-order valence-electron chi connectivity index (χ2n) is 15.9. The average molecular weight is 812 g/mol. The van der Waals surface area contributed by atoms with E-state index in [0.717, 1.165) is 26.9 Å². The molecule has 0 radical (unpaired) electrons. The van der Waals surface area contributed by atoms with Crippen LogP contribution in [0.4, 0.5) is 19.7 Å². The number of benzene rings is 3. The lowest BCUT2D eigenvalue weighted by Gasteiger charge is -2.37. The molecule has 3 aromatic carbocycles. The summed E-state index contributed by atoms with van der Waals surface area (Å²) in [6, 6.07) is 22.7. The lowest BCUT2D eigenvalue weighted by molar-refractivity contribution is -0.145. The number of pyridine rings is 1. The van der Waals surface area contributed by atoms with Crippen LogP contribution < -0.4 is 15.0 Å². The summed E-state index contributed by atoms with van der Waals surface area (Å²) in [5.41, 5.74) is 4.70. The number of carboxylic acid groups (broad SMARTS) is 1. The van der Waals surface area contributed by atoms with Crippen molar-refractivity contribution >= 4 is 50.3 Å². The molecule has 14 heteroatoms. The SMILES string of the molecule is Cc1c(OCCC[C@H]2CCN(CC(=O)O)CC2(F)F)cccc1-c1ccc(N2CCc3cccc(C(=O)Nc4nc5ccccc5s4)c3C2)nc1C(=O)OC(C)(C)C. The van der Waals surface area contributed by atoms with Crippen molar-refractivity contribution < 1.29 is 37.7 Å². The van der Waals surface area contributed by atoms with Crippen molar-refractivity contribution in [1.82, 2.24) is 14.9 Å². The number of halogens is 2. The second-order valence-corrected chi connectivity index (χ2v) is 16.9. The highest BCUT2D eigenvalue weighted by Gasteiger charge is 2.44. The van der Waals surface area contributed by atoms with E-state index in [0.29, 0.717) is 65.9 Å². The zero-order chi connectivity index (χ0) is 41.2. The first kappa shape index (κ1) is 40.7. The summed E-state index contributed by atoms with van der Waals surface area (Å²) in [6.07, 6.45) is 1.53. The number of nitrogens with zero attached hydrogens (tertiary/aromatic N) is 4. The highest BCUT2D eigenvalue weighted by atomic mass is 32.1. The van der Waals surface area contributed by atoms with Gasteiger partial charge in [0.05, 0.1) is 29.9 Å². The quantitative estimate of drug-likeness (QED) is 0.0932. The number of esters is 1. The van der Waals surface area contributed by atoms with Gasteiger partial charge in [-0.15, -0.1) is 0 Å². The van der Waals surface area contributed by atoms with Crippen LogP contribution in [0.1, 0.15) is 77.6 Å². The Hall–Kier alpha value is -5.47. The Balaban J connectivity index is 1.09. The van der Waals surface area contributed by atoms with Gasteiger partial charge in [-0.1, -0.05) is 47.7 Å². The maximum atomic E-state index is 14.9. The molecule has 0 saturated carbocycles. The third-order valence-electron chi connectivity index (χ3n) is 10.5. The van der Waals surface area contributed by atoms with Gasteiger partial charge in [0.25, 0.3) is 11.8 Å². The summed E-state index contributed by atoms with van der Waals surface area (Å²) >= 11 is 1.42. The van der Waals surface area contributed by atoms with Crippen LogP contribution in [0.15, 0.2) is 72.8 Å². The molecule has 58 heavy (non-hydrogen) atoms. The van der Waals surface area contributed by atoms with Gasteiger partial charge in [-0.3, -0.25) is 19.8 Å². The van der Waals surface area contributed by atoms with Crippen LogP contribution in [-0.4, -0.2) is 82.1 Å². The molecule has 0 aliphatic carbocycles. The van der Waals surface area contributed by atoms with Crippen LogP contribution in [0.25, 0.3) is 21.3 Å². The molecule has 2 aliphatic rings. The number of carbonyl (C=O) groups is 3. The van der Waals surface area contributed by atoms with Crippen molar-refractivity contribution in [1.29, 1.82) is 0 Å². The van der Waals surface area contributed by atoms with Crippen molar-refractivity contribution in [3.8, 4) is 16.9 Å². The molecule has 1 fully saturated rings. The standard InChI is InChI=1S/C44H47F2N5O6S/c1-27-30(12-8-15-35(27)56-23-9-11-29-20-21-50(25-38(52)53)26-44(29,45)46)31-17-18-37(48-39(31)41(55)57-43(2,3)4)51-22-19-28-10-7-13-32(33(28)24-51)40(54)49-42-47-34-14-5-6-16-36(34)58-42/h5-8,10,12-18,29H,9,11,19-26H2,1-4H3,(H,52,53)(H,47,49,54)/t29-/m0/s1. The molecule has 4 heterocycles. The number of nitrogens with one attached hydrogen (secondary N) is 1. The minimum absolute atomic E-state index is 0.136. The largest absolute Gasteiger partial charge is 0.493 e. The summed E-state index contributed by atoms with van der Waals surface area (Å²) < 4.78 is 42.7. The Bertz CT molecular complexity index is 2310. The van der Waals surface area contributed by atoms with E-state index in [4.69, 9.17) is 19.6 Å². The van der Waals surface area contributed by atoms with Gasteiger partial charge in [0.2, 0.25) is 0 Å². The monoisotopic (exact) mass is 811 g/mol. The predicted molar refractivity (Wildman–Crippen MR) is 220 cm³/mol. The molecule has 0 spiro atoms. The fourth-order valence-electron chi connectivity index (χ4n) is 7.72. The van der Waals surface area contributed by atoms with E-state index in [1.54, 1.807) is 20.8 Å². The lowest BCUT2D eigenvalue weighted by Crippen LogP contribution is -2.50. The van der Waals surface area contributed by atoms with Crippen molar-refractivity contribution in [2.45, 2.75) is 71.4 Å². The summed E-state index contributed by atoms with van der Waals surface area (Å²) in [7, 11) is 0. The average Bonchev–Trinajstić information content (AvgIpc) is 3.58. The zero-order valence-electron chi connectivity index (χ0n) is 33.0. The van der Waals surface area contributed by atoms with Crippen LogP contribution in [-0.2, 0) is 22.5 Å². The molecule has 304 valence electrons. The van der Waals surface area contributed by atoms with E-state index in [1.807, 2.05) is 79.7 Å². The second kappa shape index (κ2) is 16.8. The van der Waals surface area contributed by atoms with Crippen molar-refractivity contribution in [2.75, 3.05) is 43.0 Å². The number of carbonyl (C=O) groups excluding carboxylic acids is 2. The van der Waals surface area contributed by atoms with Crippen LogP contribution in [0.3, 0.4) is 0 Å². The highest BCUT2D eigenvalue weighted by molar-refractivity contribution is 7.22. The number of hydrogen-bond acceptors (Lipinski definition) is 10. The summed E-state index contributed by atoms with van der Waals surface area (Å²) in [6.45, 7) is 7.86. The molecule has 5 aromatic rings. The molecule has 11 nitrogen and oxygen atoms in total. The van der Waals surface area contributed by atoms with E-state index in [-0.39, 0.29) is 31.0 Å². The Kier molecular flexibility index (Phi) is 11.8. The number of carboxylic acids is 1. The Labute approximate surface area is 340 Å². The maximum Gasteiger partial charge on any atom is 0.358 e. The molecule has 2 aliphatic heterocycles. The van der Waals surface area contributed by atoms with E-state index in [2.05, 4.69) is 15.2 Å². The Morgan fingerprint density at radius 1 is 0.983 bits per heavy atom. The topological polar surface area (TPSA) is 134 Å². The van der Waals surface area contributed by atoms with Gasteiger partial charge in [0, 0.05) is 30.1 Å². The molecule has 0 unspecified atom stereocenters. The molecule has 1 atom stereocenters. The molecule has 2 aromatic heterocycles. The summed E-state index contributed by atoms with van der Waals surface area (Å²) in [4.78, 5) is 51.4. The Morgan fingerprint density at radius 3 is 2.53 bits per heavy atom. The fraction of sp³-hybridized carbons (Fsp3) is 0.386. The third kappa shape index (κ3) is 9.29. The predicted octanol–water partition coefficient (Wildman–Crippen LogP) is 8.64.